The first-order chi connectivity index (χ1) is 19.1. The number of hydrogen-bond acceptors (Lipinski definition) is 4. The molecule has 1 heterocycles. The summed E-state index contributed by atoms with van der Waals surface area (Å²) in [6, 6.07) is -0.402. The molecule has 0 unspecified atom stereocenters. The van der Waals surface area contributed by atoms with Crippen LogP contribution in [0.1, 0.15) is 105 Å². The molecular formula is C34H49N3O4. The number of ketones is 1. The van der Waals surface area contributed by atoms with Gasteiger partial charge in [0.25, 0.3) is 0 Å². The molecule has 1 amide bonds. The Morgan fingerprint density at radius 1 is 1.07 bits per heavy atom. The van der Waals surface area contributed by atoms with Crippen molar-refractivity contribution in [2.75, 3.05) is 6.54 Å². The molecule has 1 aromatic rings. The van der Waals surface area contributed by atoms with Gasteiger partial charge in [0.05, 0.1) is 11.9 Å². The average Bonchev–Trinajstić information content (AvgIpc) is 3.32. The minimum atomic E-state index is -1.34. The molecule has 2 N–H and O–H groups in total. The summed E-state index contributed by atoms with van der Waals surface area (Å²) in [5.41, 5.74) is 0.586. The van der Waals surface area contributed by atoms with E-state index >= 15 is 0 Å². The highest BCUT2D eigenvalue weighted by atomic mass is 16.4. The Morgan fingerprint density at radius 2 is 1.78 bits per heavy atom. The van der Waals surface area contributed by atoms with Gasteiger partial charge in [0, 0.05) is 12.5 Å². The second-order valence-electron chi connectivity index (χ2n) is 15.7. The average molecular weight is 564 g/mol. The number of carboxylic acid groups (broad SMARTS) is 1. The first kappa shape index (κ1) is 28.7. The maximum absolute atomic E-state index is 14.6. The minimum absolute atomic E-state index is 0.111. The molecule has 0 aromatic carbocycles. The van der Waals surface area contributed by atoms with E-state index in [1.807, 2.05) is 6.92 Å². The van der Waals surface area contributed by atoms with Crippen LogP contribution in [-0.2, 0) is 21.4 Å². The van der Waals surface area contributed by atoms with Crippen molar-refractivity contribution in [1.29, 1.82) is 0 Å². The molecule has 0 spiro atoms. The van der Waals surface area contributed by atoms with Gasteiger partial charge >= 0.3 is 12.0 Å². The van der Waals surface area contributed by atoms with Gasteiger partial charge in [-0.1, -0.05) is 47.1 Å². The number of hydrogen-bond donors (Lipinski definition) is 2. The molecule has 5 aliphatic rings. The van der Waals surface area contributed by atoms with Crippen molar-refractivity contribution < 1.29 is 19.5 Å². The van der Waals surface area contributed by atoms with E-state index in [0.29, 0.717) is 42.8 Å². The molecule has 0 radical (unpaired) electrons. The number of fused-ring (bicyclic) bond motifs is 8. The zero-order valence-electron chi connectivity index (χ0n) is 26.3. The first-order valence-corrected chi connectivity index (χ1v) is 15.9. The van der Waals surface area contributed by atoms with Gasteiger partial charge < -0.3 is 10.4 Å². The molecule has 10 atom stereocenters. The van der Waals surface area contributed by atoms with E-state index in [2.05, 4.69) is 58.0 Å². The lowest BCUT2D eigenvalue weighted by Gasteiger charge is -2.70. The third-order valence-electron chi connectivity index (χ3n) is 14.0. The molecule has 7 nitrogen and oxygen atoms in total. The number of carbonyl (C=O) groups excluding carboxylic acids is 2. The van der Waals surface area contributed by atoms with Crippen LogP contribution in [0.25, 0.3) is 0 Å². The molecule has 6 rings (SSSR count). The van der Waals surface area contributed by atoms with Gasteiger partial charge in [-0.2, -0.15) is 9.78 Å². The van der Waals surface area contributed by atoms with Gasteiger partial charge in [-0.05, 0) is 116 Å². The summed E-state index contributed by atoms with van der Waals surface area (Å²) in [6.45, 7) is 18.2. The van der Waals surface area contributed by atoms with E-state index in [-0.39, 0.29) is 33.9 Å². The molecule has 5 aliphatic carbocycles. The fourth-order valence-electron chi connectivity index (χ4n) is 11.5. The third kappa shape index (κ3) is 3.38. The van der Waals surface area contributed by atoms with Crippen molar-refractivity contribution in [3.05, 3.63) is 29.1 Å². The predicted molar refractivity (Wildman–Crippen MR) is 157 cm³/mol. The second kappa shape index (κ2) is 8.79. The summed E-state index contributed by atoms with van der Waals surface area (Å²) < 4.78 is 1.27. The Kier molecular flexibility index (Phi) is 6.15. The maximum atomic E-state index is 14.6. The molecule has 41 heavy (non-hydrogen) atoms. The van der Waals surface area contributed by atoms with E-state index in [0.717, 1.165) is 18.4 Å². The van der Waals surface area contributed by atoms with Crippen molar-refractivity contribution in [3.63, 3.8) is 0 Å². The zero-order valence-corrected chi connectivity index (χ0v) is 26.3. The molecule has 3 saturated carbocycles. The van der Waals surface area contributed by atoms with Crippen LogP contribution in [0.4, 0.5) is 4.79 Å². The predicted octanol–water partition coefficient (Wildman–Crippen LogP) is 6.40. The summed E-state index contributed by atoms with van der Waals surface area (Å²) in [4.78, 5) is 40.9. The summed E-state index contributed by atoms with van der Waals surface area (Å²) in [7, 11) is 0. The topological polar surface area (TPSA) is 101 Å². The van der Waals surface area contributed by atoms with E-state index in [1.165, 1.54) is 29.5 Å². The number of carboxylic acids is 1. The van der Waals surface area contributed by atoms with Crippen LogP contribution in [-0.4, -0.2) is 39.2 Å². The highest BCUT2D eigenvalue weighted by Crippen LogP contribution is 2.74. The smallest absolute Gasteiger partial charge is 0.342 e. The van der Waals surface area contributed by atoms with Crippen molar-refractivity contribution in [2.45, 2.75) is 106 Å². The van der Waals surface area contributed by atoms with Crippen LogP contribution in [0.5, 0.6) is 0 Å². The lowest BCUT2D eigenvalue weighted by molar-refractivity contribution is -0.181. The van der Waals surface area contributed by atoms with Crippen molar-refractivity contribution in [3.8, 4) is 0 Å². The molecule has 3 fully saturated rings. The van der Waals surface area contributed by atoms with Gasteiger partial charge in [0.1, 0.15) is 5.41 Å². The summed E-state index contributed by atoms with van der Waals surface area (Å²) >= 11 is 0. The Morgan fingerprint density at radius 3 is 2.44 bits per heavy atom. The van der Waals surface area contributed by atoms with Gasteiger partial charge in [-0.3, -0.25) is 9.59 Å². The van der Waals surface area contributed by atoms with Crippen LogP contribution < -0.4 is 5.32 Å². The Labute approximate surface area is 244 Å². The number of carbonyl (C=O) groups is 3. The van der Waals surface area contributed by atoms with Crippen LogP contribution in [0, 0.1) is 51.2 Å². The fourth-order valence-corrected chi connectivity index (χ4v) is 11.5. The summed E-state index contributed by atoms with van der Waals surface area (Å²) in [6.07, 6.45) is 10.5. The van der Waals surface area contributed by atoms with Gasteiger partial charge in [-0.25, -0.2) is 4.79 Å². The number of nitrogens with zero attached hydrogens (tertiary/aromatic N) is 2. The summed E-state index contributed by atoms with van der Waals surface area (Å²) in [5.74, 6) is 0.236. The highest BCUT2D eigenvalue weighted by molar-refractivity contribution is 5.96. The molecule has 0 saturated heterocycles. The van der Waals surface area contributed by atoms with E-state index in [4.69, 9.17) is 0 Å². The van der Waals surface area contributed by atoms with E-state index in [1.54, 1.807) is 13.1 Å². The lowest BCUT2D eigenvalue weighted by atomic mass is 9.33. The third-order valence-corrected chi connectivity index (χ3v) is 14.0. The largest absolute Gasteiger partial charge is 0.481 e. The van der Waals surface area contributed by atoms with Crippen LogP contribution in [0.15, 0.2) is 17.8 Å². The Hall–Kier alpha value is -2.44. The monoisotopic (exact) mass is 563 g/mol. The van der Waals surface area contributed by atoms with Crippen molar-refractivity contribution in [1.82, 2.24) is 15.1 Å². The Balaban J connectivity index is 1.51. The van der Waals surface area contributed by atoms with Crippen LogP contribution >= 0.6 is 0 Å². The van der Waals surface area contributed by atoms with Gasteiger partial charge in [0.15, 0.2) is 5.78 Å². The number of aromatic nitrogens is 2. The number of aliphatic carboxylic acids is 1. The fraction of sp³-hybridized carbons (Fsp3) is 0.765. The van der Waals surface area contributed by atoms with E-state index < -0.39 is 22.8 Å². The molecule has 7 heteroatoms. The van der Waals surface area contributed by atoms with E-state index in [9.17, 15) is 19.5 Å². The Bertz CT molecular complexity index is 1360. The molecule has 0 bridgehead atoms. The number of allylic oxidation sites excluding steroid dienone is 2. The normalized spacial score (nSPS) is 46.7. The number of rotatable bonds is 2. The number of amides is 1. The number of nitrogens with one attached hydrogen (secondary N) is 1. The molecule has 224 valence electrons. The molecular weight excluding hydrogens is 514 g/mol. The molecule has 0 aliphatic heterocycles. The first-order valence-electron chi connectivity index (χ1n) is 15.9. The standard InChI is InChI=1S/C34H49N3O4/c1-9-35-29(41)37-27-21(18-36-37)17-31(5)24(34(27,8)28(39)40)11-13-33(7)26(31)23(38)16-22-25-20(3)19(2)10-12-30(25,4)14-15-32(22,33)6/h16,18-20,24-26H,9-15,17H2,1-8H3,(H,35,41)(H,39,40)/t19-,20+,24-,25+,26-,30-,31+,32-,33-,34-/m1/s1. The zero-order chi connectivity index (χ0) is 29.9. The van der Waals surface area contributed by atoms with Crippen LogP contribution in [0.3, 0.4) is 0 Å². The maximum Gasteiger partial charge on any atom is 0.342 e. The van der Waals surface area contributed by atoms with Gasteiger partial charge in [0.2, 0.25) is 0 Å². The summed E-state index contributed by atoms with van der Waals surface area (Å²) in [5, 5.41) is 18.1. The SMILES string of the molecule is CCNC(=O)n1ncc2c1[C@](C)(C(=O)O)[C@@H]1CC[C@]3(C)[C@H](C(=O)C=C4[C@@H]5[C@@H](C)[C@H](C)CC[C@]5(C)CC[C@]43C)[C@@]1(C)C2. The quantitative estimate of drug-likeness (QED) is 0.434. The minimum Gasteiger partial charge on any atom is -0.481 e. The van der Waals surface area contributed by atoms with Crippen molar-refractivity contribution in [2.24, 2.45) is 51.2 Å². The highest BCUT2D eigenvalue weighted by Gasteiger charge is 2.72. The van der Waals surface area contributed by atoms with Crippen LogP contribution in [0.2, 0.25) is 0 Å². The second-order valence-corrected chi connectivity index (χ2v) is 15.7. The van der Waals surface area contributed by atoms with Crippen molar-refractivity contribution >= 4 is 17.8 Å². The molecule has 1 aromatic heterocycles. The lowest BCUT2D eigenvalue weighted by Crippen LogP contribution is -2.68. The van der Waals surface area contributed by atoms with Gasteiger partial charge in [-0.15, -0.1) is 0 Å².